The Balaban J connectivity index is 1.53. The standard InChI is InChI=1S/C18H17N3O2S/c19-17(22)6-3-13-8-11-7-10(1-5-16(11)24-13)18(23)21-15-9-12-2-4-14(15)20-12/h1,5,7-8,12,14-15,20H,2,4,9H2,(H2,19,22)(H,21,23)/t12-,14+,15-/m1/s1. The van der Waals surface area contributed by atoms with Gasteiger partial charge in [0.2, 0.25) is 0 Å². The summed E-state index contributed by atoms with van der Waals surface area (Å²) in [6.45, 7) is 0. The zero-order valence-electron chi connectivity index (χ0n) is 13.0. The van der Waals surface area contributed by atoms with Gasteiger partial charge in [-0.2, -0.15) is 0 Å². The number of nitrogens with one attached hydrogen (secondary N) is 2. The second-order valence-corrected chi connectivity index (χ2v) is 7.42. The maximum absolute atomic E-state index is 12.5. The molecular formula is C18H17N3O2S. The van der Waals surface area contributed by atoms with E-state index in [0.717, 1.165) is 27.8 Å². The summed E-state index contributed by atoms with van der Waals surface area (Å²) in [4.78, 5) is 24.0. The van der Waals surface area contributed by atoms with Gasteiger partial charge < -0.3 is 16.4 Å². The van der Waals surface area contributed by atoms with Crippen molar-refractivity contribution in [1.29, 1.82) is 0 Å². The molecule has 0 aliphatic carbocycles. The van der Waals surface area contributed by atoms with Gasteiger partial charge in [0, 0.05) is 34.3 Å². The fourth-order valence-corrected chi connectivity index (χ4v) is 4.50. The topological polar surface area (TPSA) is 84.2 Å². The number of carbonyl (C=O) groups excluding carboxylic acids is 2. The van der Waals surface area contributed by atoms with Crippen molar-refractivity contribution >= 4 is 33.2 Å². The molecule has 1 aromatic carbocycles. The number of benzene rings is 1. The van der Waals surface area contributed by atoms with Crippen molar-refractivity contribution in [2.45, 2.75) is 37.4 Å². The molecular weight excluding hydrogens is 322 g/mol. The number of rotatable bonds is 2. The Kier molecular flexibility index (Phi) is 3.75. The van der Waals surface area contributed by atoms with Crippen LogP contribution in [-0.4, -0.2) is 29.9 Å². The van der Waals surface area contributed by atoms with Crippen molar-refractivity contribution in [3.63, 3.8) is 0 Å². The zero-order chi connectivity index (χ0) is 16.7. The molecule has 4 rings (SSSR count). The summed E-state index contributed by atoms with van der Waals surface area (Å²) in [5, 5.41) is 7.63. The number of hydrogen-bond donors (Lipinski definition) is 3. The minimum atomic E-state index is -0.646. The van der Waals surface area contributed by atoms with E-state index in [1.807, 2.05) is 24.3 Å². The van der Waals surface area contributed by atoms with Crippen molar-refractivity contribution in [3.8, 4) is 11.8 Å². The van der Waals surface area contributed by atoms with E-state index < -0.39 is 5.91 Å². The van der Waals surface area contributed by atoms with Crippen LogP contribution in [0.25, 0.3) is 10.1 Å². The summed E-state index contributed by atoms with van der Waals surface area (Å²) in [7, 11) is 0. The molecule has 122 valence electrons. The number of hydrogen-bond acceptors (Lipinski definition) is 4. The number of primary amides is 1. The summed E-state index contributed by atoms with van der Waals surface area (Å²) >= 11 is 1.48. The van der Waals surface area contributed by atoms with Crippen LogP contribution in [-0.2, 0) is 4.79 Å². The molecule has 0 radical (unpaired) electrons. The molecule has 6 heteroatoms. The Hall–Kier alpha value is -2.36. The average molecular weight is 339 g/mol. The SMILES string of the molecule is NC(=O)C#Cc1cc2cc(C(=O)N[C@@H]3C[C@H]4CC[C@@H]3N4)ccc2s1. The molecule has 3 atom stereocenters. The lowest BCUT2D eigenvalue weighted by atomic mass is 9.95. The van der Waals surface area contributed by atoms with Crippen molar-refractivity contribution in [3.05, 3.63) is 34.7 Å². The zero-order valence-corrected chi connectivity index (χ0v) is 13.8. The van der Waals surface area contributed by atoms with Gasteiger partial charge in [-0.1, -0.05) is 0 Å². The Bertz CT molecular complexity index is 893. The van der Waals surface area contributed by atoms with E-state index in [1.54, 1.807) is 0 Å². The van der Waals surface area contributed by atoms with Gasteiger partial charge in [-0.15, -0.1) is 11.3 Å². The van der Waals surface area contributed by atoms with E-state index in [-0.39, 0.29) is 11.9 Å². The summed E-state index contributed by atoms with van der Waals surface area (Å²) in [5.74, 6) is 4.40. The minimum Gasteiger partial charge on any atom is -0.359 e. The highest BCUT2D eigenvalue weighted by molar-refractivity contribution is 7.19. The molecule has 2 aliphatic heterocycles. The molecule has 2 aromatic rings. The Morgan fingerprint density at radius 2 is 2.17 bits per heavy atom. The Labute approximate surface area is 143 Å². The van der Waals surface area contributed by atoms with Gasteiger partial charge in [-0.05, 0) is 54.8 Å². The van der Waals surface area contributed by atoms with Crippen molar-refractivity contribution in [2.24, 2.45) is 5.73 Å². The molecule has 1 aromatic heterocycles. The average Bonchev–Trinajstić information content (AvgIpc) is 3.26. The maximum Gasteiger partial charge on any atom is 0.293 e. The normalized spacial score (nSPS) is 24.6. The Morgan fingerprint density at radius 3 is 2.88 bits per heavy atom. The minimum absolute atomic E-state index is 0.0350. The van der Waals surface area contributed by atoms with E-state index in [2.05, 4.69) is 22.5 Å². The van der Waals surface area contributed by atoms with Crippen LogP contribution in [0.1, 0.15) is 34.5 Å². The van der Waals surface area contributed by atoms with Gasteiger partial charge in [0.05, 0.1) is 4.88 Å². The fourth-order valence-electron chi connectivity index (χ4n) is 3.60. The first kappa shape index (κ1) is 15.2. The molecule has 2 fully saturated rings. The van der Waals surface area contributed by atoms with E-state index in [9.17, 15) is 9.59 Å². The predicted molar refractivity (Wildman–Crippen MR) is 93.7 cm³/mol. The highest BCUT2D eigenvalue weighted by Gasteiger charge is 2.39. The monoisotopic (exact) mass is 339 g/mol. The molecule has 0 spiro atoms. The highest BCUT2D eigenvalue weighted by Crippen LogP contribution is 2.29. The second kappa shape index (κ2) is 5.93. The lowest BCUT2D eigenvalue weighted by molar-refractivity contribution is -0.112. The number of amides is 2. The largest absolute Gasteiger partial charge is 0.359 e. The summed E-state index contributed by atoms with van der Waals surface area (Å²) in [5.41, 5.74) is 5.69. The third-order valence-corrected chi connectivity index (χ3v) is 5.74. The maximum atomic E-state index is 12.5. The van der Waals surface area contributed by atoms with Crippen LogP contribution < -0.4 is 16.4 Å². The number of thiophene rings is 1. The molecule has 2 aliphatic rings. The van der Waals surface area contributed by atoms with Crippen LogP contribution in [0.5, 0.6) is 0 Å². The molecule has 0 unspecified atom stereocenters. The quantitative estimate of drug-likeness (QED) is 0.723. The number of carbonyl (C=O) groups is 2. The van der Waals surface area contributed by atoms with Crippen LogP contribution in [0.15, 0.2) is 24.3 Å². The Morgan fingerprint density at radius 1 is 1.29 bits per heavy atom. The molecule has 4 N–H and O–H groups in total. The predicted octanol–water partition coefficient (Wildman–Crippen LogP) is 1.36. The molecule has 0 saturated carbocycles. The third kappa shape index (κ3) is 2.88. The van der Waals surface area contributed by atoms with Crippen molar-refractivity contribution in [2.75, 3.05) is 0 Å². The van der Waals surface area contributed by atoms with Crippen molar-refractivity contribution in [1.82, 2.24) is 10.6 Å². The van der Waals surface area contributed by atoms with E-state index in [1.165, 1.54) is 17.8 Å². The van der Waals surface area contributed by atoms with E-state index in [0.29, 0.717) is 17.6 Å². The molecule has 24 heavy (non-hydrogen) atoms. The second-order valence-electron chi connectivity index (χ2n) is 6.34. The molecule has 5 nitrogen and oxygen atoms in total. The first-order valence-corrected chi connectivity index (χ1v) is 8.82. The van der Waals surface area contributed by atoms with Gasteiger partial charge in [0.1, 0.15) is 0 Å². The summed E-state index contributed by atoms with van der Waals surface area (Å²) < 4.78 is 1.03. The van der Waals surface area contributed by atoms with Gasteiger partial charge in [0.15, 0.2) is 0 Å². The number of nitrogens with two attached hydrogens (primary N) is 1. The van der Waals surface area contributed by atoms with Crippen LogP contribution in [0, 0.1) is 11.8 Å². The first-order chi connectivity index (χ1) is 11.6. The number of fused-ring (bicyclic) bond motifs is 3. The third-order valence-electron chi connectivity index (χ3n) is 4.70. The van der Waals surface area contributed by atoms with Crippen LogP contribution in [0.3, 0.4) is 0 Å². The van der Waals surface area contributed by atoms with Gasteiger partial charge in [-0.3, -0.25) is 9.59 Å². The molecule has 2 bridgehead atoms. The van der Waals surface area contributed by atoms with Crippen LogP contribution in [0.2, 0.25) is 0 Å². The van der Waals surface area contributed by atoms with Crippen LogP contribution >= 0.6 is 11.3 Å². The van der Waals surface area contributed by atoms with E-state index in [4.69, 9.17) is 5.73 Å². The van der Waals surface area contributed by atoms with Crippen LogP contribution in [0.4, 0.5) is 0 Å². The lowest BCUT2D eigenvalue weighted by Crippen LogP contribution is -2.42. The van der Waals surface area contributed by atoms with Gasteiger partial charge in [0.25, 0.3) is 11.8 Å². The highest BCUT2D eigenvalue weighted by atomic mass is 32.1. The van der Waals surface area contributed by atoms with Gasteiger partial charge >= 0.3 is 0 Å². The van der Waals surface area contributed by atoms with E-state index >= 15 is 0 Å². The summed E-state index contributed by atoms with van der Waals surface area (Å²) in [6.07, 6.45) is 3.37. The summed E-state index contributed by atoms with van der Waals surface area (Å²) in [6, 6.07) is 8.71. The lowest BCUT2D eigenvalue weighted by Gasteiger charge is -2.21. The first-order valence-electron chi connectivity index (χ1n) is 8.00. The smallest absolute Gasteiger partial charge is 0.293 e. The molecule has 2 amide bonds. The molecule has 2 saturated heterocycles. The fraction of sp³-hybridized carbons (Fsp3) is 0.333. The van der Waals surface area contributed by atoms with Gasteiger partial charge in [-0.25, -0.2) is 0 Å². The van der Waals surface area contributed by atoms with Crippen molar-refractivity contribution < 1.29 is 9.59 Å². The molecule has 3 heterocycles.